The second kappa shape index (κ2) is 7.46. The van der Waals surface area contributed by atoms with Gasteiger partial charge in [-0.15, -0.1) is 0 Å². The number of hydrogen-bond acceptors (Lipinski definition) is 3. The molecule has 1 aliphatic heterocycles. The molecule has 2 aromatic rings. The van der Waals surface area contributed by atoms with Crippen molar-refractivity contribution in [1.82, 2.24) is 4.98 Å². The van der Waals surface area contributed by atoms with E-state index in [0.29, 0.717) is 29.1 Å². The fourth-order valence-corrected chi connectivity index (χ4v) is 3.88. The SMILES string of the molecule is CCOC(=O)c1c(C)[nH]c(C(=O)[C@@H](C)[NH+]2CCc3ccccc3C2)c1C. The van der Waals surface area contributed by atoms with Crippen molar-refractivity contribution < 1.29 is 19.2 Å². The third-order valence-electron chi connectivity index (χ3n) is 5.42. The van der Waals surface area contributed by atoms with E-state index < -0.39 is 0 Å². The van der Waals surface area contributed by atoms with Crippen molar-refractivity contribution in [2.75, 3.05) is 13.2 Å². The summed E-state index contributed by atoms with van der Waals surface area (Å²) >= 11 is 0. The van der Waals surface area contributed by atoms with Crippen LogP contribution in [-0.4, -0.2) is 35.9 Å². The number of aromatic nitrogens is 1. The van der Waals surface area contributed by atoms with Crippen LogP contribution in [-0.2, 0) is 17.7 Å². The Bertz CT molecular complexity index is 838. The van der Waals surface area contributed by atoms with Crippen molar-refractivity contribution in [3.8, 4) is 0 Å². The Hall–Kier alpha value is -2.40. The van der Waals surface area contributed by atoms with E-state index in [1.165, 1.54) is 16.0 Å². The highest BCUT2D eigenvalue weighted by Gasteiger charge is 2.32. The number of esters is 1. The third kappa shape index (κ3) is 3.31. The van der Waals surface area contributed by atoms with E-state index in [0.717, 1.165) is 19.5 Å². The summed E-state index contributed by atoms with van der Waals surface area (Å²) in [6, 6.07) is 8.27. The van der Waals surface area contributed by atoms with Crippen LogP contribution in [0.1, 0.15) is 57.1 Å². The average molecular weight is 355 g/mol. The van der Waals surface area contributed by atoms with Crippen LogP contribution in [0, 0.1) is 13.8 Å². The molecule has 0 saturated heterocycles. The summed E-state index contributed by atoms with van der Waals surface area (Å²) < 4.78 is 5.12. The Kier molecular flexibility index (Phi) is 5.28. The topological polar surface area (TPSA) is 63.6 Å². The Morgan fingerprint density at radius 1 is 1.23 bits per heavy atom. The zero-order valence-electron chi connectivity index (χ0n) is 15.9. The highest BCUT2D eigenvalue weighted by Crippen LogP contribution is 2.20. The minimum atomic E-state index is -0.371. The van der Waals surface area contributed by atoms with Crippen LogP contribution in [0.2, 0.25) is 0 Å². The number of carbonyl (C=O) groups is 2. The van der Waals surface area contributed by atoms with E-state index in [4.69, 9.17) is 4.74 Å². The van der Waals surface area contributed by atoms with Crippen molar-refractivity contribution in [3.63, 3.8) is 0 Å². The maximum absolute atomic E-state index is 13.1. The molecule has 2 N–H and O–H groups in total. The average Bonchev–Trinajstić information content (AvgIpc) is 2.94. The van der Waals surface area contributed by atoms with Gasteiger partial charge in [0.2, 0.25) is 5.78 Å². The van der Waals surface area contributed by atoms with E-state index in [9.17, 15) is 9.59 Å². The van der Waals surface area contributed by atoms with Gasteiger partial charge < -0.3 is 14.6 Å². The van der Waals surface area contributed by atoms with Crippen LogP contribution in [0.25, 0.3) is 0 Å². The van der Waals surface area contributed by atoms with Gasteiger partial charge in [0.15, 0.2) is 6.04 Å². The first-order valence-electron chi connectivity index (χ1n) is 9.25. The zero-order valence-corrected chi connectivity index (χ0v) is 15.9. The summed E-state index contributed by atoms with van der Waals surface area (Å²) in [4.78, 5) is 29.7. The van der Waals surface area contributed by atoms with E-state index >= 15 is 0 Å². The molecule has 1 aliphatic rings. The largest absolute Gasteiger partial charge is 0.462 e. The maximum Gasteiger partial charge on any atom is 0.340 e. The summed E-state index contributed by atoms with van der Waals surface area (Å²) in [7, 11) is 0. The molecule has 0 radical (unpaired) electrons. The number of aryl methyl sites for hydroxylation is 1. The molecule has 1 aromatic carbocycles. The fourth-order valence-electron chi connectivity index (χ4n) is 3.88. The second-order valence-electron chi connectivity index (χ2n) is 7.04. The standard InChI is InChI=1S/C21H26N2O3/c1-5-26-21(25)18-13(2)19(22-14(18)3)20(24)15(4)23-11-10-16-8-6-7-9-17(16)12-23/h6-9,15,22H,5,10-12H2,1-4H3/p+1/t15-/m1/s1. The lowest BCUT2D eigenvalue weighted by molar-refractivity contribution is -0.929. The van der Waals surface area contributed by atoms with Gasteiger partial charge in [0.05, 0.1) is 24.4 Å². The number of fused-ring (bicyclic) bond motifs is 1. The van der Waals surface area contributed by atoms with Gasteiger partial charge in [0.1, 0.15) is 6.54 Å². The molecule has 0 aliphatic carbocycles. The maximum atomic E-state index is 13.1. The predicted molar refractivity (Wildman–Crippen MR) is 99.7 cm³/mol. The molecule has 5 heteroatoms. The molecule has 5 nitrogen and oxygen atoms in total. The van der Waals surface area contributed by atoms with Gasteiger partial charge in [-0.3, -0.25) is 4.79 Å². The van der Waals surface area contributed by atoms with Gasteiger partial charge in [-0.2, -0.15) is 0 Å². The molecule has 26 heavy (non-hydrogen) atoms. The lowest BCUT2D eigenvalue weighted by Gasteiger charge is -2.30. The number of quaternary nitrogens is 1. The van der Waals surface area contributed by atoms with E-state index in [2.05, 4.69) is 29.2 Å². The first kappa shape index (κ1) is 18.4. The molecule has 3 rings (SSSR count). The van der Waals surface area contributed by atoms with Crippen LogP contribution in [0.4, 0.5) is 0 Å². The van der Waals surface area contributed by atoms with Gasteiger partial charge in [-0.25, -0.2) is 4.79 Å². The van der Waals surface area contributed by atoms with Crippen LogP contribution < -0.4 is 4.90 Å². The molecule has 0 spiro atoms. The monoisotopic (exact) mass is 355 g/mol. The Morgan fingerprint density at radius 3 is 2.62 bits per heavy atom. The fraction of sp³-hybridized carbons (Fsp3) is 0.429. The minimum absolute atomic E-state index is 0.0514. The zero-order chi connectivity index (χ0) is 18.8. The smallest absolute Gasteiger partial charge is 0.340 e. The number of benzene rings is 1. The number of H-pyrrole nitrogens is 1. The predicted octanol–water partition coefficient (Wildman–Crippen LogP) is 2.02. The molecule has 1 unspecified atom stereocenters. The summed E-state index contributed by atoms with van der Waals surface area (Å²) in [5.41, 5.74) is 5.10. The molecular weight excluding hydrogens is 328 g/mol. The van der Waals surface area contributed by atoms with E-state index in [-0.39, 0.29) is 17.8 Å². The lowest BCUT2D eigenvalue weighted by atomic mass is 9.97. The van der Waals surface area contributed by atoms with Crippen LogP contribution in [0.15, 0.2) is 24.3 Å². The van der Waals surface area contributed by atoms with Gasteiger partial charge in [-0.1, -0.05) is 24.3 Å². The number of hydrogen-bond donors (Lipinski definition) is 2. The summed E-state index contributed by atoms with van der Waals surface area (Å²) in [6.45, 7) is 9.49. The number of aromatic amines is 1. The number of Topliss-reactive ketones (excluding diaryl/α,β-unsaturated/α-hetero) is 1. The Labute approximate surface area is 154 Å². The van der Waals surface area contributed by atoms with Crippen LogP contribution >= 0.6 is 0 Å². The third-order valence-corrected chi connectivity index (χ3v) is 5.42. The quantitative estimate of drug-likeness (QED) is 0.637. The number of ether oxygens (including phenoxy) is 1. The van der Waals surface area contributed by atoms with Crippen molar-refractivity contribution >= 4 is 11.8 Å². The first-order chi connectivity index (χ1) is 12.4. The number of nitrogens with one attached hydrogen (secondary N) is 2. The summed E-state index contributed by atoms with van der Waals surface area (Å²) in [5.74, 6) is -0.319. The van der Waals surface area contributed by atoms with Gasteiger partial charge in [0, 0.05) is 17.7 Å². The minimum Gasteiger partial charge on any atom is -0.462 e. The summed E-state index contributed by atoms with van der Waals surface area (Å²) in [5, 5.41) is 0. The molecule has 2 heterocycles. The van der Waals surface area contributed by atoms with Gasteiger partial charge in [0.25, 0.3) is 0 Å². The molecule has 0 fully saturated rings. The molecule has 2 atom stereocenters. The first-order valence-corrected chi connectivity index (χ1v) is 9.25. The number of ketones is 1. The van der Waals surface area contributed by atoms with E-state index in [1.807, 2.05) is 20.8 Å². The molecular formula is C21H27N2O3+. The Balaban J connectivity index is 1.82. The number of rotatable bonds is 5. The van der Waals surface area contributed by atoms with Crippen molar-refractivity contribution in [3.05, 3.63) is 57.9 Å². The highest BCUT2D eigenvalue weighted by atomic mass is 16.5. The number of carbonyl (C=O) groups excluding carboxylic acids is 2. The highest BCUT2D eigenvalue weighted by molar-refractivity contribution is 6.03. The lowest BCUT2D eigenvalue weighted by Crippen LogP contribution is -3.16. The normalized spacial score (nSPS) is 17.5. The Morgan fingerprint density at radius 2 is 1.92 bits per heavy atom. The molecule has 0 saturated carbocycles. The van der Waals surface area contributed by atoms with Crippen LogP contribution in [0.3, 0.4) is 0 Å². The van der Waals surface area contributed by atoms with Gasteiger partial charge in [-0.05, 0) is 38.8 Å². The van der Waals surface area contributed by atoms with Gasteiger partial charge >= 0.3 is 5.97 Å². The molecule has 1 aromatic heterocycles. The van der Waals surface area contributed by atoms with Crippen molar-refractivity contribution in [1.29, 1.82) is 0 Å². The summed E-state index contributed by atoms with van der Waals surface area (Å²) in [6.07, 6.45) is 0.986. The van der Waals surface area contributed by atoms with Crippen LogP contribution in [0.5, 0.6) is 0 Å². The van der Waals surface area contributed by atoms with Crippen molar-refractivity contribution in [2.45, 2.75) is 46.7 Å². The molecule has 0 bridgehead atoms. The molecule has 138 valence electrons. The second-order valence-corrected chi connectivity index (χ2v) is 7.04. The molecule has 0 amide bonds. The van der Waals surface area contributed by atoms with E-state index in [1.54, 1.807) is 6.92 Å². The van der Waals surface area contributed by atoms with Crippen molar-refractivity contribution in [2.24, 2.45) is 0 Å².